The number of hydrogen-bond acceptors (Lipinski definition) is 7. The van der Waals surface area contributed by atoms with Crippen molar-refractivity contribution in [1.82, 2.24) is 4.90 Å². The summed E-state index contributed by atoms with van der Waals surface area (Å²) in [5.74, 6) is -2.81. The minimum atomic E-state index is -1.07. The number of rotatable bonds is 7. The first-order valence-electron chi connectivity index (χ1n) is 10.5. The van der Waals surface area contributed by atoms with Crippen molar-refractivity contribution in [2.75, 3.05) is 18.0 Å². The van der Waals surface area contributed by atoms with Crippen LogP contribution in [-0.4, -0.2) is 51.2 Å². The lowest BCUT2D eigenvalue weighted by Crippen LogP contribution is -2.34. The molecule has 1 N–H and O–H groups in total. The van der Waals surface area contributed by atoms with Crippen LogP contribution in [0.4, 0.5) is 5.69 Å². The van der Waals surface area contributed by atoms with E-state index in [0.29, 0.717) is 16.3 Å². The molecule has 0 aromatic heterocycles. The fourth-order valence-electron chi connectivity index (χ4n) is 3.65. The molecule has 0 aliphatic carbocycles. The molecule has 1 fully saturated rings. The predicted octanol–water partition coefficient (Wildman–Crippen LogP) is 3.78. The van der Waals surface area contributed by atoms with Gasteiger partial charge in [-0.05, 0) is 30.7 Å². The van der Waals surface area contributed by atoms with Gasteiger partial charge in [-0.2, -0.15) is 0 Å². The van der Waals surface area contributed by atoms with Gasteiger partial charge in [0.25, 0.3) is 11.8 Å². The van der Waals surface area contributed by atoms with Gasteiger partial charge in [0.15, 0.2) is 0 Å². The maximum absolute atomic E-state index is 13.4. The Balaban J connectivity index is 1.59. The summed E-state index contributed by atoms with van der Waals surface area (Å²) in [6.45, 7) is 1.55. The number of aryl methyl sites for hydroxylation is 1. The van der Waals surface area contributed by atoms with Crippen LogP contribution in [0.1, 0.15) is 23.1 Å². The second-order valence-electron chi connectivity index (χ2n) is 7.87. The van der Waals surface area contributed by atoms with E-state index < -0.39 is 23.8 Å². The third-order valence-corrected chi connectivity index (χ3v) is 7.09. The number of carboxylic acids is 1. The van der Waals surface area contributed by atoms with Gasteiger partial charge in [-0.3, -0.25) is 29.0 Å². The Hall–Kier alpha value is -3.21. The molecule has 0 atom stereocenters. The van der Waals surface area contributed by atoms with E-state index in [1.165, 1.54) is 4.90 Å². The van der Waals surface area contributed by atoms with Crippen molar-refractivity contribution < 1.29 is 29.0 Å². The van der Waals surface area contributed by atoms with Gasteiger partial charge < -0.3 is 9.84 Å². The van der Waals surface area contributed by atoms with E-state index >= 15 is 0 Å². The number of aliphatic carboxylic acids is 1. The van der Waals surface area contributed by atoms with E-state index in [2.05, 4.69) is 0 Å². The number of halogens is 1. The average molecular weight is 531 g/mol. The highest BCUT2D eigenvalue weighted by atomic mass is 35.5. The number of thioether (sulfide) groups is 1. The molecule has 180 valence electrons. The molecular formula is C24H19ClN2O6S2. The molecule has 0 spiro atoms. The average Bonchev–Trinajstić information content (AvgIpc) is 3.23. The zero-order chi connectivity index (χ0) is 25.3. The molecule has 2 aromatic carbocycles. The van der Waals surface area contributed by atoms with Gasteiger partial charge in [-0.25, -0.2) is 0 Å². The highest BCUT2D eigenvalue weighted by Crippen LogP contribution is 2.45. The third kappa shape index (κ3) is 5.24. The van der Waals surface area contributed by atoms with Crippen LogP contribution in [0, 0.1) is 6.92 Å². The molecule has 2 aliphatic heterocycles. The fourth-order valence-corrected chi connectivity index (χ4v) is 5.20. The molecule has 0 bridgehead atoms. The molecule has 2 aromatic rings. The summed E-state index contributed by atoms with van der Waals surface area (Å²) in [5, 5.41) is 9.30. The molecule has 4 rings (SSSR count). The molecule has 2 aliphatic rings. The molecule has 0 radical (unpaired) electrons. The molecule has 2 amide bonds. The van der Waals surface area contributed by atoms with E-state index in [4.69, 9.17) is 33.7 Å². The number of thiocarbonyl (C=S) groups is 1. The zero-order valence-corrected chi connectivity index (χ0v) is 20.8. The maximum Gasteiger partial charge on any atom is 0.326 e. The lowest BCUT2D eigenvalue weighted by atomic mass is 10.1. The number of esters is 1. The van der Waals surface area contributed by atoms with Crippen molar-refractivity contribution in [2.45, 2.75) is 20.0 Å². The first kappa shape index (κ1) is 24.9. The number of benzene rings is 2. The van der Waals surface area contributed by atoms with Crippen LogP contribution in [0.5, 0.6) is 0 Å². The van der Waals surface area contributed by atoms with Gasteiger partial charge in [0.05, 0.1) is 22.6 Å². The standard InChI is InChI=1S/C24H19ClN2O6S2/c1-13-2-4-14(5-3-13)12-33-19(30)11-27-17-7-6-15(25)10-16(17)20(22(27)31)21-23(32)26(24(34)35-21)9-8-18(28)29/h2-7,10H,8-9,11-12H2,1H3,(H,28,29)/b21-20-. The van der Waals surface area contributed by atoms with Gasteiger partial charge in [0.1, 0.15) is 17.5 Å². The van der Waals surface area contributed by atoms with Crippen molar-refractivity contribution in [2.24, 2.45) is 0 Å². The third-order valence-electron chi connectivity index (χ3n) is 5.41. The van der Waals surface area contributed by atoms with Gasteiger partial charge in [0, 0.05) is 17.1 Å². The number of carbonyl (C=O) groups is 4. The molecule has 11 heteroatoms. The second-order valence-corrected chi connectivity index (χ2v) is 9.95. The van der Waals surface area contributed by atoms with E-state index in [1.807, 2.05) is 31.2 Å². The lowest BCUT2D eigenvalue weighted by molar-refractivity contribution is -0.144. The highest BCUT2D eigenvalue weighted by molar-refractivity contribution is 8.26. The SMILES string of the molecule is Cc1ccc(COC(=O)CN2C(=O)/C(=C3\SC(=S)N(CCC(=O)O)C3=O)c3cc(Cl)ccc32)cc1. The summed E-state index contributed by atoms with van der Waals surface area (Å²) >= 11 is 12.3. The summed E-state index contributed by atoms with van der Waals surface area (Å²) in [6, 6.07) is 12.3. The molecule has 1 saturated heterocycles. The van der Waals surface area contributed by atoms with Gasteiger partial charge >= 0.3 is 11.9 Å². The Morgan fingerprint density at radius 3 is 2.49 bits per heavy atom. The summed E-state index contributed by atoms with van der Waals surface area (Å²) in [5.41, 5.74) is 2.78. The van der Waals surface area contributed by atoms with Crippen molar-refractivity contribution in [1.29, 1.82) is 0 Å². The first-order valence-corrected chi connectivity index (χ1v) is 12.1. The largest absolute Gasteiger partial charge is 0.481 e. The van der Waals surface area contributed by atoms with Gasteiger partial charge in [-0.1, -0.05) is 65.4 Å². The quantitative estimate of drug-likeness (QED) is 0.327. The monoisotopic (exact) mass is 530 g/mol. The normalized spacial score (nSPS) is 17.3. The Kier molecular flexibility index (Phi) is 7.25. The van der Waals surface area contributed by atoms with Crippen molar-refractivity contribution in [3.8, 4) is 0 Å². The van der Waals surface area contributed by atoms with Crippen molar-refractivity contribution in [3.05, 3.63) is 69.1 Å². The van der Waals surface area contributed by atoms with Crippen LogP contribution in [0.25, 0.3) is 5.57 Å². The summed E-state index contributed by atoms with van der Waals surface area (Å²) in [7, 11) is 0. The Morgan fingerprint density at radius 1 is 1.09 bits per heavy atom. The van der Waals surface area contributed by atoms with Crippen LogP contribution in [0.2, 0.25) is 5.02 Å². The van der Waals surface area contributed by atoms with Crippen molar-refractivity contribution >= 4 is 74.9 Å². The number of anilines is 1. The topological polar surface area (TPSA) is 104 Å². The zero-order valence-electron chi connectivity index (χ0n) is 18.4. The van der Waals surface area contributed by atoms with Crippen LogP contribution in [0.3, 0.4) is 0 Å². The maximum atomic E-state index is 13.4. The number of carbonyl (C=O) groups excluding carboxylic acids is 3. The lowest BCUT2D eigenvalue weighted by Gasteiger charge is -2.16. The summed E-state index contributed by atoms with van der Waals surface area (Å²) in [4.78, 5) is 52.5. The number of hydrogen-bond donors (Lipinski definition) is 1. The van der Waals surface area contributed by atoms with Gasteiger partial charge in [-0.15, -0.1) is 0 Å². The molecule has 35 heavy (non-hydrogen) atoms. The molecule has 0 unspecified atom stereocenters. The molecule has 2 heterocycles. The van der Waals surface area contributed by atoms with Gasteiger partial charge in [0.2, 0.25) is 0 Å². The molecule has 0 saturated carbocycles. The van der Waals surface area contributed by atoms with E-state index in [-0.39, 0.29) is 40.9 Å². The first-order chi connectivity index (χ1) is 16.7. The number of nitrogens with zero attached hydrogens (tertiary/aromatic N) is 2. The van der Waals surface area contributed by atoms with E-state index in [9.17, 15) is 19.2 Å². The highest BCUT2D eigenvalue weighted by Gasteiger charge is 2.42. The minimum Gasteiger partial charge on any atom is -0.481 e. The van der Waals surface area contributed by atoms with Crippen LogP contribution in [-0.2, 0) is 30.5 Å². The number of carboxylic acid groups (broad SMARTS) is 1. The van der Waals surface area contributed by atoms with Crippen LogP contribution in [0.15, 0.2) is 47.4 Å². The number of amides is 2. The van der Waals surface area contributed by atoms with E-state index in [1.54, 1.807) is 18.2 Å². The summed E-state index contributed by atoms with van der Waals surface area (Å²) < 4.78 is 5.51. The number of ether oxygens (including phenoxy) is 1. The van der Waals surface area contributed by atoms with Crippen LogP contribution < -0.4 is 4.90 Å². The van der Waals surface area contributed by atoms with Crippen molar-refractivity contribution in [3.63, 3.8) is 0 Å². The Bertz CT molecular complexity index is 1290. The molecule has 8 nitrogen and oxygen atoms in total. The second kappa shape index (κ2) is 10.2. The summed E-state index contributed by atoms with van der Waals surface area (Å²) in [6.07, 6.45) is -0.287. The smallest absolute Gasteiger partial charge is 0.326 e. The fraction of sp³-hybridized carbons (Fsp3) is 0.208. The molecular weight excluding hydrogens is 512 g/mol. The van der Waals surface area contributed by atoms with E-state index in [0.717, 1.165) is 27.8 Å². The van der Waals surface area contributed by atoms with Crippen LogP contribution >= 0.6 is 35.6 Å². The Morgan fingerprint density at radius 2 is 1.80 bits per heavy atom. The Labute approximate surface area is 215 Å². The minimum absolute atomic E-state index is 0.0592. The number of fused-ring (bicyclic) bond motifs is 1. The predicted molar refractivity (Wildman–Crippen MR) is 136 cm³/mol.